The first kappa shape index (κ1) is 45.1. The number of carbonyl (C=O) groups excluding carboxylic acids is 3. The first-order valence-corrected chi connectivity index (χ1v) is 23.1. The number of hydrogen-bond donors (Lipinski definition) is 4. The molecule has 65 heavy (non-hydrogen) atoms. The topological polar surface area (TPSA) is 205 Å². The van der Waals surface area contributed by atoms with Gasteiger partial charge in [0.1, 0.15) is 29.0 Å². The van der Waals surface area contributed by atoms with Gasteiger partial charge in [0, 0.05) is 46.9 Å². The molecule has 3 amide bonds. The Morgan fingerprint density at radius 1 is 0.908 bits per heavy atom. The summed E-state index contributed by atoms with van der Waals surface area (Å²) < 4.78 is 1.91. The number of aliphatic imine (C=N–C) groups is 1. The maximum absolute atomic E-state index is 14.4. The van der Waals surface area contributed by atoms with E-state index in [-0.39, 0.29) is 31.0 Å². The first-order valence-electron chi connectivity index (χ1n) is 21.4. The third-order valence-electron chi connectivity index (χ3n) is 12.1. The minimum absolute atomic E-state index is 0.0515. The molecule has 4 N–H and O–H groups in total. The van der Waals surface area contributed by atoms with Gasteiger partial charge in [0.15, 0.2) is 5.82 Å². The number of thiophene rings is 1. The third kappa shape index (κ3) is 9.00. The average molecular weight is 914 g/mol. The van der Waals surface area contributed by atoms with E-state index in [1.807, 2.05) is 114 Å². The van der Waals surface area contributed by atoms with Crippen LogP contribution in [0.2, 0.25) is 0 Å². The van der Waals surface area contributed by atoms with E-state index >= 15 is 0 Å². The number of aryl methyl sites for hydroxylation is 3. The number of nitrogens with zero attached hydrogens (tertiary/aromatic N) is 7. The van der Waals surface area contributed by atoms with E-state index in [4.69, 9.17) is 4.99 Å². The van der Waals surface area contributed by atoms with E-state index in [9.17, 15) is 29.4 Å². The molecule has 2 aliphatic rings. The van der Waals surface area contributed by atoms with Gasteiger partial charge in [-0.15, -0.1) is 32.9 Å². The molecule has 6 heterocycles. The molecule has 0 radical (unpaired) electrons. The van der Waals surface area contributed by atoms with Crippen molar-refractivity contribution in [2.75, 3.05) is 6.54 Å². The number of amides is 3. The van der Waals surface area contributed by atoms with E-state index in [1.54, 1.807) is 34.9 Å². The van der Waals surface area contributed by atoms with Crippen molar-refractivity contribution in [3.63, 3.8) is 0 Å². The van der Waals surface area contributed by atoms with Crippen molar-refractivity contribution in [3.8, 4) is 26.6 Å². The lowest BCUT2D eigenvalue weighted by Crippen LogP contribution is -2.57. The number of aliphatic hydroxyl groups excluding tert-OH is 1. The Morgan fingerprint density at radius 2 is 1.60 bits per heavy atom. The van der Waals surface area contributed by atoms with Crippen LogP contribution in [0.1, 0.15) is 107 Å². The monoisotopic (exact) mass is 913 g/mol. The molecule has 2 aliphatic heterocycles. The summed E-state index contributed by atoms with van der Waals surface area (Å²) in [4.78, 5) is 71.6. The number of β-amino-alcohol motifs (C(OH)–C–C–N with tert-alkyl or cyclic N) is 1. The minimum Gasteiger partial charge on any atom is -0.481 e. The Labute approximate surface area is 384 Å². The van der Waals surface area contributed by atoms with Crippen molar-refractivity contribution in [1.82, 2.24) is 40.3 Å². The number of rotatable bonds is 11. The van der Waals surface area contributed by atoms with Gasteiger partial charge in [-0.3, -0.25) is 33.7 Å². The quantitative estimate of drug-likeness (QED) is 0.104. The van der Waals surface area contributed by atoms with Crippen LogP contribution < -0.4 is 10.6 Å². The summed E-state index contributed by atoms with van der Waals surface area (Å²) in [7, 11) is 0. The van der Waals surface area contributed by atoms with E-state index in [2.05, 4.69) is 30.8 Å². The van der Waals surface area contributed by atoms with Crippen LogP contribution in [0.3, 0.4) is 0 Å². The summed E-state index contributed by atoms with van der Waals surface area (Å²) >= 11 is 3.15. The Kier molecular flexibility index (Phi) is 12.4. The fourth-order valence-corrected chi connectivity index (χ4v) is 10.5. The molecule has 0 unspecified atom stereocenters. The molecule has 0 aliphatic carbocycles. The first-order chi connectivity index (χ1) is 30.9. The number of carboxylic acid groups (broad SMARTS) is 1. The predicted molar refractivity (Wildman–Crippen MR) is 249 cm³/mol. The summed E-state index contributed by atoms with van der Waals surface area (Å²) in [5.41, 5.74) is 8.93. The second-order valence-electron chi connectivity index (χ2n) is 17.8. The maximum atomic E-state index is 14.4. The number of aromatic nitrogens is 5. The highest BCUT2D eigenvalue weighted by Gasteiger charge is 2.45. The molecule has 0 spiro atoms. The van der Waals surface area contributed by atoms with Gasteiger partial charge >= 0.3 is 5.97 Å². The van der Waals surface area contributed by atoms with Crippen LogP contribution in [0.25, 0.3) is 26.6 Å². The lowest BCUT2D eigenvalue weighted by atomic mass is 9.85. The van der Waals surface area contributed by atoms with Gasteiger partial charge in [0.05, 0.1) is 45.9 Å². The van der Waals surface area contributed by atoms with Crippen LogP contribution in [0.5, 0.6) is 0 Å². The van der Waals surface area contributed by atoms with Crippen molar-refractivity contribution in [2.24, 2.45) is 10.4 Å². The zero-order valence-corrected chi connectivity index (χ0v) is 39.0. The van der Waals surface area contributed by atoms with E-state index < -0.39 is 53.3 Å². The number of aliphatic hydroxyl groups is 1. The Bertz CT molecular complexity index is 2840. The number of thiazole rings is 1. The summed E-state index contributed by atoms with van der Waals surface area (Å²) in [6, 6.07) is 14.1. The van der Waals surface area contributed by atoms with Gasteiger partial charge in [0.2, 0.25) is 11.8 Å². The molecule has 8 rings (SSSR count). The second-order valence-corrected chi connectivity index (χ2v) is 19.9. The predicted octanol–water partition coefficient (Wildman–Crippen LogP) is 7.10. The number of nitrogens with one attached hydrogen (secondary N) is 2. The number of carbonyl (C=O) groups is 4. The van der Waals surface area contributed by atoms with Gasteiger partial charge in [-0.1, -0.05) is 69.3 Å². The van der Waals surface area contributed by atoms with Crippen molar-refractivity contribution >= 4 is 52.1 Å². The Hall–Kier alpha value is -6.43. The van der Waals surface area contributed by atoms with Crippen molar-refractivity contribution in [3.05, 3.63) is 123 Å². The minimum atomic E-state index is -1.05. The van der Waals surface area contributed by atoms with Gasteiger partial charge in [0.25, 0.3) is 5.91 Å². The fraction of sp³-hybridized carbons (Fsp3) is 0.354. The molecule has 0 saturated carbocycles. The van der Waals surface area contributed by atoms with Crippen LogP contribution in [-0.2, 0) is 14.4 Å². The van der Waals surface area contributed by atoms with Gasteiger partial charge in [-0.25, -0.2) is 4.98 Å². The van der Waals surface area contributed by atoms with Crippen molar-refractivity contribution < 1.29 is 29.4 Å². The fourth-order valence-electron chi connectivity index (χ4n) is 8.46. The highest BCUT2D eigenvalue weighted by molar-refractivity contribution is 7.15. The number of hydrogen-bond acceptors (Lipinski definition) is 12. The van der Waals surface area contributed by atoms with Crippen LogP contribution in [0, 0.1) is 33.1 Å². The van der Waals surface area contributed by atoms with Gasteiger partial charge in [-0.05, 0) is 68.4 Å². The molecule has 1 saturated heterocycles. The second kappa shape index (κ2) is 17.9. The molecule has 6 aromatic rings. The van der Waals surface area contributed by atoms with Crippen LogP contribution >= 0.6 is 22.7 Å². The highest BCUT2D eigenvalue weighted by Crippen LogP contribution is 2.40. The number of fused-ring (bicyclic) bond motifs is 3. The maximum Gasteiger partial charge on any atom is 0.306 e. The van der Waals surface area contributed by atoms with Gasteiger partial charge in [-0.2, -0.15) is 0 Å². The number of carboxylic acids is 1. The molecule has 5 atom stereocenters. The van der Waals surface area contributed by atoms with Crippen molar-refractivity contribution in [1.29, 1.82) is 0 Å². The normalized spacial score (nSPS) is 18.0. The molecule has 2 aromatic carbocycles. The number of pyridine rings is 1. The van der Waals surface area contributed by atoms with Crippen LogP contribution in [-0.4, -0.2) is 94.0 Å². The highest BCUT2D eigenvalue weighted by atomic mass is 32.1. The van der Waals surface area contributed by atoms with E-state index in [0.29, 0.717) is 22.9 Å². The zero-order valence-electron chi connectivity index (χ0n) is 37.4. The smallest absolute Gasteiger partial charge is 0.306 e. The van der Waals surface area contributed by atoms with E-state index in [1.165, 1.54) is 11.1 Å². The number of likely N-dealkylation sites (tertiary alicyclic amines) is 1. The zero-order chi connectivity index (χ0) is 46.5. The number of benzene rings is 2. The van der Waals surface area contributed by atoms with Crippen LogP contribution in [0.15, 0.2) is 77.5 Å². The number of aliphatic carboxylic acids is 1. The molecule has 1 fully saturated rings. The Balaban J connectivity index is 0.991. The SMILES string of the molecule is Cc1ncsc1-c1ccc([C@H](C)NC(=O)[C@@H]2C[C@@H](O)CN2C(=O)[C@@H](NC(=O)c2cncc(-c3ccc(C4=N[C@@H](CC(=O)O)c5nnc(C)n5-c5sc(C)c(C)c54)cc3)c2)C(C)(C)C)cc1. The molecular formula is C48H51N9O6S2. The lowest BCUT2D eigenvalue weighted by Gasteiger charge is -2.35. The summed E-state index contributed by atoms with van der Waals surface area (Å²) in [6.45, 7) is 15.2. The standard InChI is InChI=1S/C48H51N9O6S2/c1-24-27(4)65-47-39(24)40(52-36(19-38(59)60)43-55-54-28(5)57(43)47)31-13-11-30(12-14-31)33-17-34(21-49-20-33)44(61)53-42(48(6,7)8)46(63)56-22-35(58)18-37(56)45(62)51-25(2)29-9-15-32(16-10-29)41-26(3)50-23-64-41/h9-17,20-21,23,25,35-37,42,58H,18-19,22H2,1-8H3,(H,51,62)(H,53,61)(H,59,60)/t25-,35+,36-,37-,42+/m0/s1. The molecule has 336 valence electrons. The summed E-state index contributed by atoms with van der Waals surface area (Å²) in [5.74, 6) is -1.26. The molecule has 15 nitrogen and oxygen atoms in total. The van der Waals surface area contributed by atoms with Gasteiger partial charge < -0.3 is 25.7 Å². The Morgan fingerprint density at radius 3 is 2.26 bits per heavy atom. The van der Waals surface area contributed by atoms with Crippen molar-refractivity contribution in [2.45, 2.75) is 98.5 Å². The van der Waals surface area contributed by atoms with Crippen LogP contribution in [0.4, 0.5) is 0 Å². The third-order valence-corrected chi connectivity index (χ3v) is 14.3. The average Bonchev–Trinajstić information content (AvgIpc) is 4.04. The molecule has 4 aromatic heterocycles. The molecule has 17 heteroatoms. The summed E-state index contributed by atoms with van der Waals surface area (Å²) in [5, 5.41) is 36.1. The molecular weight excluding hydrogens is 863 g/mol. The largest absolute Gasteiger partial charge is 0.481 e. The van der Waals surface area contributed by atoms with E-state index in [0.717, 1.165) is 53.8 Å². The lowest BCUT2D eigenvalue weighted by molar-refractivity contribution is -0.142. The summed E-state index contributed by atoms with van der Waals surface area (Å²) in [6.07, 6.45) is 1.98. The molecule has 0 bridgehead atoms.